The van der Waals surface area contributed by atoms with Crippen molar-refractivity contribution in [2.45, 2.75) is 50.7 Å². The van der Waals surface area contributed by atoms with E-state index in [1.165, 1.54) is 18.5 Å². The van der Waals surface area contributed by atoms with Crippen molar-refractivity contribution >= 4 is 35.0 Å². The van der Waals surface area contributed by atoms with Gasteiger partial charge in [-0.15, -0.1) is 0 Å². The number of benzene rings is 1. The van der Waals surface area contributed by atoms with Gasteiger partial charge in [-0.3, -0.25) is 14.4 Å². The zero-order chi connectivity index (χ0) is 24.2. The van der Waals surface area contributed by atoms with Gasteiger partial charge in [0.25, 0.3) is 11.8 Å². The number of aromatic amines is 1. The van der Waals surface area contributed by atoms with Crippen molar-refractivity contribution in [2.24, 2.45) is 11.7 Å². The molecule has 2 aliphatic rings. The van der Waals surface area contributed by atoms with Gasteiger partial charge in [-0.1, -0.05) is 11.6 Å². The minimum Gasteiger partial charge on any atom is -0.376 e. The molecule has 2 aromatic rings. The molecule has 2 heterocycles. The molecular weight excluding hydrogens is 465 g/mol. The SMILES string of the molecule is NC(=O)c1nc[nH]c1C(=O)N(CC1CCCO1)C1CCC(C(=O)Nc2ccc(F)cc2Cl)CC1. The van der Waals surface area contributed by atoms with Crippen molar-refractivity contribution in [2.75, 3.05) is 18.5 Å². The zero-order valence-corrected chi connectivity index (χ0v) is 19.3. The Labute approximate surface area is 201 Å². The molecule has 1 saturated carbocycles. The van der Waals surface area contributed by atoms with Gasteiger partial charge < -0.3 is 25.7 Å². The summed E-state index contributed by atoms with van der Waals surface area (Å²) >= 11 is 6.03. The van der Waals surface area contributed by atoms with E-state index in [-0.39, 0.29) is 46.3 Å². The summed E-state index contributed by atoms with van der Waals surface area (Å²) in [5, 5.41) is 2.91. The summed E-state index contributed by atoms with van der Waals surface area (Å²) in [6, 6.07) is 3.70. The number of aromatic nitrogens is 2. The molecule has 1 aromatic carbocycles. The third kappa shape index (κ3) is 5.39. The predicted molar refractivity (Wildman–Crippen MR) is 123 cm³/mol. The van der Waals surface area contributed by atoms with Crippen LogP contribution in [0.3, 0.4) is 0 Å². The number of ether oxygens (including phenoxy) is 1. The normalized spacial score (nSPS) is 22.4. The maximum Gasteiger partial charge on any atom is 0.273 e. The lowest BCUT2D eigenvalue weighted by Crippen LogP contribution is -2.47. The van der Waals surface area contributed by atoms with Gasteiger partial charge in [0.15, 0.2) is 5.69 Å². The Bertz CT molecular complexity index is 1060. The number of imidazole rings is 1. The number of anilines is 1. The lowest BCUT2D eigenvalue weighted by atomic mass is 9.84. The quantitative estimate of drug-likeness (QED) is 0.547. The van der Waals surface area contributed by atoms with Gasteiger partial charge in [0.2, 0.25) is 5.91 Å². The number of nitrogens with one attached hydrogen (secondary N) is 2. The smallest absolute Gasteiger partial charge is 0.273 e. The number of nitrogens with zero attached hydrogens (tertiary/aromatic N) is 2. The number of carbonyl (C=O) groups is 3. The fourth-order valence-electron chi connectivity index (χ4n) is 4.67. The van der Waals surface area contributed by atoms with Crippen LogP contribution in [0.5, 0.6) is 0 Å². The Morgan fingerprint density at radius 3 is 2.65 bits per heavy atom. The highest BCUT2D eigenvalue weighted by Crippen LogP contribution is 2.31. The monoisotopic (exact) mass is 491 g/mol. The number of amides is 3. The van der Waals surface area contributed by atoms with Crippen LogP contribution in [0.1, 0.15) is 59.5 Å². The van der Waals surface area contributed by atoms with E-state index in [4.69, 9.17) is 22.1 Å². The third-order valence-corrected chi connectivity index (χ3v) is 6.78. The molecule has 0 bridgehead atoms. The van der Waals surface area contributed by atoms with Crippen LogP contribution >= 0.6 is 11.6 Å². The number of carbonyl (C=O) groups excluding carboxylic acids is 3. The van der Waals surface area contributed by atoms with Crippen LogP contribution in [0, 0.1) is 11.7 Å². The fourth-order valence-corrected chi connectivity index (χ4v) is 4.88. The van der Waals surface area contributed by atoms with Crippen LogP contribution in [-0.4, -0.2) is 57.9 Å². The molecule has 0 spiro atoms. The number of H-pyrrole nitrogens is 1. The van der Waals surface area contributed by atoms with Crippen LogP contribution in [0.2, 0.25) is 5.02 Å². The van der Waals surface area contributed by atoms with E-state index in [2.05, 4.69) is 15.3 Å². The number of hydrogen-bond acceptors (Lipinski definition) is 5. The Kier molecular flexibility index (Phi) is 7.47. The summed E-state index contributed by atoms with van der Waals surface area (Å²) in [4.78, 5) is 46.2. The Hall–Kier alpha value is -2.98. The molecule has 1 unspecified atom stereocenters. The highest BCUT2D eigenvalue weighted by atomic mass is 35.5. The van der Waals surface area contributed by atoms with Crippen LogP contribution in [-0.2, 0) is 9.53 Å². The highest BCUT2D eigenvalue weighted by Gasteiger charge is 2.35. The number of nitrogens with two attached hydrogens (primary N) is 1. The number of halogens is 2. The van der Waals surface area contributed by atoms with E-state index >= 15 is 0 Å². The van der Waals surface area contributed by atoms with E-state index in [9.17, 15) is 18.8 Å². The largest absolute Gasteiger partial charge is 0.376 e. The summed E-state index contributed by atoms with van der Waals surface area (Å²) in [6.07, 6.45) is 5.33. The summed E-state index contributed by atoms with van der Waals surface area (Å²) < 4.78 is 19.0. The summed E-state index contributed by atoms with van der Waals surface area (Å²) in [6.45, 7) is 1.05. The second-order valence-electron chi connectivity index (χ2n) is 8.70. The van der Waals surface area contributed by atoms with Gasteiger partial charge in [-0.25, -0.2) is 9.37 Å². The molecule has 2 fully saturated rings. The van der Waals surface area contributed by atoms with Crippen LogP contribution < -0.4 is 11.1 Å². The molecule has 1 aliphatic carbocycles. The molecule has 182 valence electrons. The van der Waals surface area contributed by atoms with E-state index in [1.54, 1.807) is 4.90 Å². The first kappa shape index (κ1) is 24.2. The zero-order valence-electron chi connectivity index (χ0n) is 18.6. The average Bonchev–Trinajstić information content (AvgIpc) is 3.51. The molecule has 34 heavy (non-hydrogen) atoms. The van der Waals surface area contributed by atoms with Crippen molar-refractivity contribution in [3.8, 4) is 0 Å². The molecule has 1 atom stereocenters. The van der Waals surface area contributed by atoms with Gasteiger partial charge in [-0.05, 0) is 56.7 Å². The fraction of sp³-hybridized carbons (Fsp3) is 0.478. The number of rotatable bonds is 7. The van der Waals surface area contributed by atoms with Crippen LogP contribution in [0.15, 0.2) is 24.5 Å². The van der Waals surface area contributed by atoms with Gasteiger partial charge in [0, 0.05) is 25.1 Å². The first-order valence-corrected chi connectivity index (χ1v) is 11.7. The summed E-state index contributed by atoms with van der Waals surface area (Å²) in [5.74, 6) is -2.05. The third-order valence-electron chi connectivity index (χ3n) is 6.47. The maximum atomic E-state index is 13.4. The van der Waals surface area contributed by atoms with Crippen molar-refractivity contribution in [1.82, 2.24) is 14.9 Å². The second kappa shape index (κ2) is 10.5. The van der Waals surface area contributed by atoms with Gasteiger partial charge in [0.1, 0.15) is 11.5 Å². The topological polar surface area (TPSA) is 130 Å². The molecule has 1 aromatic heterocycles. The molecule has 3 amide bonds. The Morgan fingerprint density at radius 1 is 1.24 bits per heavy atom. The Morgan fingerprint density at radius 2 is 2.00 bits per heavy atom. The molecule has 1 saturated heterocycles. The molecule has 1 aliphatic heterocycles. The van der Waals surface area contributed by atoms with Crippen molar-refractivity contribution in [3.63, 3.8) is 0 Å². The minimum atomic E-state index is -0.776. The van der Waals surface area contributed by atoms with Gasteiger partial charge in [0.05, 0.1) is 23.1 Å². The minimum absolute atomic E-state index is 0.0660. The molecule has 11 heteroatoms. The number of primary amides is 1. The molecule has 4 N–H and O–H groups in total. The van der Waals surface area contributed by atoms with Crippen molar-refractivity contribution < 1.29 is 23.5 Å². The van der Waals surface area contributed by atoms with Crippen molar-refractivity contribution in [1.29, 1.82) is 0 Å². The highest BCUT2D eigenvalue weighted by molar-refractivity contribution is 6.33. The average molecular weight is 492 g/mol. The van der Waals surface area contributed by atoms with Gasteiger partial charge >= 0.3 is 0 Å². The maximum absolute atomic E-state index is 13.4. The standard InChI is InChI=1S/C23H27ClFN5O4/c24-17-10-14(25)5-8-18(17)29-22(32)13-3-6-15(7-4-13)30(11-16-2-1-9-34-16)23(33)20-19(21(26)31)27-12-28-20/h5,8,10,12-13,15-16H,1-4,6-7,9,11H2,(H2,26,31)(H,27,28)(H,29,32). The van der Waals surface area contributed by atoms with E-state index < -0.39 is 11.7 Å². The lowest BCUT2D eigenvalue weighted by molar-refractivity contribution is -0.121. The summed E-state index contributed by atoms with van der Waals surface area (Å²) in [5.41, 5.74) is 5.72. The van der Waals surface area contributed by atoms with E-state index in [0.717, 1.165) is 18.9 Å². The van der Waals surface area contributed by atoms with Crippen LogP contribution in [0.25, 0.3) is 0 Å². The predicted octanol–water partition coefficient (Wildman–Crippen LogP) is 3.12. The van der Waals surface area contributed by atoms with Gasteiger partial charge in [-0.2, -0.15) is 0 Å². The lowest BCUT2D eigenvalue weighted by Gasteiger charge is -2.37. The molecular formula is C23H27ClFN5O4. The second-order valence-corrected chi connectivity index (χ2v) is 9.11. The van der Waals surface area contributed by atoms with E-state index in [0.29, 0.717) is 44.5 Å². The molecule has 4 rings (SSSR count). The summed E-state index contributed by atoms with van der Waals surface area (Å²) in [7, 11) is 0. The molecule has 0 radical (unpaired) electrons. The van der Waals surface area contributed by atoms with Crippen molar-refractivity contribution in [3.05, 3.63) is 46.8 Å². The van der Waals surface area contributed by atoms with Crippen LogP contribution in [0.4, 0.5) is 10.1 Å². The van der Waals surface area contributed by atoms with E-state index in [1.807, 2.05) is 0 Å². The Balaban J connectivity index is 1.43. The number of hydrogen-bond donors (Lipinski definition) is 3. The first-order chi connectivity index (χ1) is 16.3. The first-order valence-electron chi connectivity index (χ1n) is 11.3. The molecule has 9 nitrogen and oxygen atoms in total.